The lowest BCUT2D eigenvalue weighted by Gasteiger charge is -2.34. The van der Waals surface area contributed by atoms with E-state index in [0.717, 1.165) is 46.3 Å². The third-order valence-electron chi connectivity index (χ3n) is 5.42. The van der Waals surface area contributed by atoms with E-state index in [4.69, 9.17) is 26.1 Å². The van der Waals surface area contributed by atoms with E-state index < -0.39 is 0 Å². The molecule has 0 bridgehead atoms. The first-order chi connectivity index (χ1) is 15.6. The van der Waals surface area contributed by atoms with E-state index in [1.165, 1.54) is 0 Å². The molecule has 0 aliphatic carbocycles. The van der Waals surface area contributed by atoms with Gasteiger partial charge in [0, 0.05) is 36.8 Å². The molecule has 1 aliphatic rings. The number of halogens is 1. The zero-order valence-corrected chi connectivity index (χ0v) is 20.0. The largest absolute Gasteiger partial charge is 0.490 e. The molecule has 4 rings (SSSR count). The van der Waals surface area contributed by atoms with E-state index in [0.29, 0.717) is 43.4 Å². The average Bonchev–Trinajstić information content (AvgIpc) is 3.23. The van der Waals surface area contributed by atoms with Gasteiger partial charge in [-0.05, 0) is 49.7 Å². The monoisotopic (exact) mass is 473 g/mol. The third kappa shape index (κ3) is 5.10. The lowest BCUT2D eigenvalue weighted by molar-refractivity contribution is 0.0746. The van der Waals surface area contributed by atoms with Gasteiger partial charge in [-0.1, -0.05) is 36.3 Å². The van der Waals surface area contributed by atoms with Crippen molar-refractivity contribution in [2.45, 2.75) is 26.7 Å². The Balaban J connectivity index is 1.41. The van der Waals surface area contributed by atoms with Gasteiger partial charge in [0.15, 0.2) is 16.6 Å². The summed E-state index contributed by atoms with van der Waals surface area (Å²) in [5.41, 5.74) is 1.58. The standard InChI is InChI=1S/C24H28ClN3O3S/c1-3-5-14-31-20-9-6-17(15-21(20)30-4-2)23(29)27-10-12-28(13-11-27)24-26-19-8-7-18(25)16-22(19)32-24/h6-9,15-16H,3-5,10-14H2,1-2H3. The maximum Gasteiger partial charge on any atom is 0.254 e. The summed E-state index contributed by atoms with van der Waals surface area (Å²) in [6, 6.07) is 11.2. The van der Waals surface area contributed by atoms with Gasteiger partial charge in [-0.3, -0.25) is 4.79 Å². The van der Waals surface area contributed by atoms with Crippen LogP contribution in [0.5, 0.6) is 11.5 Å². The summed E-state index contributed by atoms with van der Waals surface area (Å²) in [5.74, 6) is 1.33. The van der Waals surface area contributed by atoms with Crippen molar-refractivity contribution in [2.24, 2.45) is 0 Å². The summed E-state index contributed by atoms with van der Waals surface area (Å²) in [7, 11) is 0. The first-order valence-corrected chi connectivity index (χ1v) is 12.3. The zero-order valence-electron chi connectivity index (χ0n) is 18.5. The van der Waals surface area contributed by atoms with E-state index in [-0.39, 0.29) is 5.91 Å². The number of thiazole rings is 1. The second kappa shape index (κ2) is 10.4. The van der Waals surface area contributed by atoms with Crippen LogP contribution >= 0.6 is 22.9 Å². The molecule has 32 heavy (non-hydrogen) atoms. The number of carbonyl (C=O) groups excluding carboxylic acids is 1. The summed E-state index contributed by atoms with van der Waals surface area (Å²) in [4.78, 5) is 22.0. The number of fused-ring (bicyclic) bond motifs is 1. The number of rotatable bonds is 8. The van der Waals surface area contributed by atoms with Crippen molar-refractivity contribution >= 4 is 44.2 Å². The highest BCUT2D eigenvalue weighted by molar-refractivity contribution is 7.22. The number of anilines is 1. The van der Waals surface area contributed by atoms with Crippen LogP contribution in [0, 0.1) is 0 Å². The third-order valence-corrected chi connectivity index (χ3v) is 6.74. The van der Waals surface area contributed by atoms with Crippen molar-refractivity contribution < 1.29 is 14.3 Å². The molecule has 1 amide bonds. The molecule has 1 aromatic heterocycles. The fourth-order valence-corrected chi connectivity index (χ4v) is 4.95. The van der Waals surface area contributed by atoms with E-state index in [1.54, 1.807) is 17.4 Å². The molecule has 3 aromatic rings. The minimum Gasteiger partial charge on any atom is -0.490 e. The van der Waals surface area contributed by atoms with Gasteiger partial charge in [0.25, 0.3) is 5.91 Å². The Morgan fingerprint density at radius 1 is 1.06 bits per heavy atom. The number of carbonyl (C=O) groups is 1. The van der Waals surface area contributed by atoms with Crippen molar-refractivity contribution in [1.29, 1.82) is 0 Å². The lowest BCUT2D eigenvalue weighted by Crippen LogP contribution is -2.48. The SMILES string of the molecule is CCCCOc1ccc(C(=O)N2CCN(c3nc4ccc(Cl)cc4s3)CC2)cc1OCC. The van der Waals surface area contributed by atoms with Crippen molar-refractivity contribution in [2.75, 3.05) is 44.3 Å². The summed E-state index contributed by atoms with van der Waals surface area (Å²) in [6.07, 6.45) is 2.05. The van der Waals surface area contributed by atoms with Crippen LogP contribution in [0.2, 0.25) is 5.02 Å². The van der Waals surface area contributed by atoms with Gasteiger partial charge in [-0.2, -0.15) is 0 Å². The number of aromatic nitrogens is 1. The van der Waals surface area contributed by atoms with Gasteiger partial charge in [-0.25, -0.2) is 4.98 Å². The molecular formula is C24H28ClN3O3S. The minimum absolute atomic E-state index is 0.0155. The lowest BCUT2D eigenvalue weighted by atomic mass is 10.1. The molecule has 2 heterocycles. The molecule has 170 valence electrons. The highest BCUT2D eigenvalue weighted by Gasteiger charge is 2.25. The summed E-state index contributed by atoms with van der Waals surface area (Å²) >= 11 is 7.74. The number of benzene rings is 2. The van der Waals surface area contributed by atoms with Crippen molar-refractivity contribution in [3.8, 4) is 11.5 Å². The fraction of sp³-hybridized carbons (Fsp3) is 0.417. The molecule has 0 spiro atoms. The Hall–Kier alpha value is -2.51. The number of unbranched alkanes of at least 4 members (excludes halogenated alkanes) is 1. The molecule has 0 N–H and O–H groups in total. The zero-order chi connectivity index (χ0) is 22.5. The first-order valence-electron chi connectivity index (χ1n) is 11.1. The quantitative estimate of drug-likeness (QED) is 0.405. The predicted octanol–water partition coefficient (Wildman–Crippen LogP) is 5.49. The van der Waals surface area contributed by atoms with Crippen LogP contribution in [-0.2, 0) is 0 Å². The van der Waals surface area contributed by atoms with Gasteiger partial charge in [0.2, 0.25) is 0 Å². The van der Waals surface area contributed by atoms with E-state index in [2.05, 4.69) is 11.8 Å². The summed E-state index contributed by atoms with van der Waals surface area (Å²) in [6.45, 7) is 8.01. The maximum atomic E-state index is 13.1. The number of amides is 1. The van der Waals surface area contributed by atoms with Crippen molar-refractivity contribution in [1.82, 2.24) is 9.88 Å². The second-order valence-corrected chi connectivity index (χ2v) is 9.13. The van der Waals surface area contributed by atoms with E-state index >= 15 is 0 Å². The Morgan fingerprint density at radius 2 is 1.88 bits per heavy atom. The first kappa shape index (κ1) is 22.7. The molecule has 2 aromatic carbocycles. The van der Waals surface area contributed by atoms with Crippen LogP contribution in [0.1, 0.15) is 37.0 Å². The molecule has 0 saturated carbocycles. The van der Waals surface area contributed by atoms with Gasteiger partial charge in [0.1, 0.15) is 0 Å². The number of hydrogen-bond donors (Lipinski definition) is 0. The molecule has 8 heteroatoms. The van der Waals surface area contributed by atoms with Crippen molar-refractivity contribution in [3.05, 3.63) is 47.0 Å². The van der Waals surface area contributed by atoms with Crippen LogP contribution in [0.3, 0.4) is 0 Å². The van der Waals surface area contributed by atoms with E-state index in [9.17, 15) is 4.79 Å². The Bertz CT molecular complexity index is 1080. The van der Waals surface area contributed by atoms with Crippen LogP contribution in [0.15, 0.2) is 36.4 Å². The molecule has 6 nitrogen and oxygen atoms in total. The number of hydrogen-bond acceptors (Lipinski definition) is 6. The minimum atomic E-state index is 0.0155. The Labute approximate surface area is 197 Å². The fourth-order valence-electron chi connectivity index (χ4n) is 3.66. The second-order valence-electron chi connectivity index (χ2n) is 7.68. The molecule has 0 radical (unpaired) electrons. The topological polar surface area (TPSA) is 54.9 Å². The Morgan fingerprint density at radius 3 is 2.62 bits per heavy atom. The highest BCUT2D eigenvalue weighted by Crippen LogP contribution is 2.32. The van der Waals surface area contributed by atoms with Crippen LogP contribution in [0.4, 0.5) is 5.13 Å². The number of piperazine rings is 1. The van der Waals surface area contributed by atoms with Crippen LogP contribution in [0.25, 0.3) is 10.2 Å². The summed E-state index contributed by atoms with van der Waals surface area (Å²) < 4.78 is 12.7. The summed E-state index contributed by atoms with van der Waals surface area (Å²) in [5, 5.41) is 1.69. The average molecular weight is 474 g/mol. The van der Waals surface area contributed by atoms with Crippen molar-refractivity contribution in [3.63, 3.8) is 0 Å². The number of ether oxygens (including phenoxy) is 2. The van der Waals surface area contributed by atoms with Gasteiger partial charge in [-0.15, -0.1) is 0 Å². The van der Waals surface area contributed by atoms with Gasteiger partial charge < -0.3 is 19.3 Å². The Kier molecular flexibility index (Phi) is 7.37. The van der Waals surface area contributed by atoms with Crippen LogP contribution < -0.4 is 14.4 Å². The van der Waals surface area contributed by atoms with Gasteiger partial charge >= 0.3 is 0 Å². The highest BCUT2D eigenvalue weighted by atomic mass is 35.5. The predicted molar refractivity (Wildman–Crippen MR) is 131 cm³/mol. The smallest absolute Gasteiger partial charge is 0.254 e. The molecular weight excluding hydrogens is 446 g/mol. The molecule has 1 aliphatic heterocycles. The molecule has 1 saturated heterocycles. The molecule has 0 atom stereocenters. The van der Waals surface area contributed by atoms with Gasteiger partial charge in [0.05, 0.1) is 23.4 Å². The molecule has 1 fully saturated rings. The molecule has 0 unspecified atom stereocenters. The van der Waals surface area contributed by atoms with Crippen LogP contribution in [-0.4, -0.2) is 55.2 Å². The van der Waals surface area contributed by atoms with E-state index in [1.807, 2.05) is 42.2 Å². The number of nitrogens with zero attached hydrogens (tertiary/aromatic N) is 3. The normalized spacial score (nSPS) is 14.1. The maximum absolute atomic E-state index is 13.1.